The quantitative estimate of drug-likeness (QED) is 0.810. The second-order valence-electron chi connectivity index (χ2n) is 5.99. The van der Waals surface area contributed by atoms with Gasteiger partial charge in [0.25, 0.3) is 0 Å². The summed E-state index contributed by atoms with van der Waals surface area (Å²) in [5, 5.41) is 18.8. The molecule has 26 heavy (non-hydrogen) atoms. The number of aliphatic hydroxyl groups is 1. The van der Waals surface area contributed by atoms with E-state index in [1.54, 1.807) is 6.07 Å². The first-order valence-corrected chi connectivity index (χ1v) is 9.37. The summed E-state index contributed by atoms with van der Waals surface area (Å²) in [6.45, 7) is 1.36. The molecule has 1 aromatic carbocycles. The van der Waals surface area contributed by atoms with E-state index in [-0.39, 0.29) is 28.4 Å². The van der Waals surface area contributed by atoms with Gasteiger partial charge in [0.2, 0.25) is 0 Å². The van der Waals surface area contributed by atoms with Crippen LogP contribution < -0.4 is 4.74 Å². The first-order chi connectivity index (χ1) is 12.2. The summed E-state index contributed by atoms with van der Waals surface area (Å²) in [5.74, 6) is -1.90. The highest BCUT2D eigenvalue weighted by atomic mass is 32.2. The summed E-state index contributed by atoms with van der Waals surface area (Å²) in [7, 11) is 0. The second-order valence-corrected chi connectivity index (χ2v) is 7.43. The highest BCUT2D eigenvalue weighted by molar-refractivity contribution is 7.94. The van der Waals surface area contributed by atoms with Gasteiger partial charge in [-0.15, -0.1) is 0 Å². The Bertz CT molecular complexity index is 761. The average molecular weight is 385 g/mol. The van der Waals surface area contributed by atoms with Gasteiger partial charge in [0, 0.05) is 18.4 Å². The lowest BCUT2D eigenvalue weighted by Crippen LogP contribution is -2.36. The number of alkyl halides is 2. The number of aliphatic hydroxyl groups excluding tert-OH is 1. The van der Waals surface area contributed by atoms with Crippen molar-refractivity contribution in [2.45, 2.75) is 31.8 Å². The highest BCUT2D eigenvalue weighted by Gasteiger charge is 2.37. The van der Waals surface area contributed by atoms with Crippen molar-refractivity contribution in [1.29, 1.82) is 5.26 Å². The van der Waals surface area contributed by atoms with Gasteiger partial charge >= 0.3 is 0 Å². The van der Waals surface area contributed by atoms with Gasteiger partial charge in [-0.05, 0) is 35.5 Å². The van der Waals surface area contributed by atoms with Gasteiger partial charge in [-0.1, -0.05) is 6.92 Å². The van der Waals surface area contributed by atoms with E-state index in [4.69, 9.17) is 10.00 Å². The lowest BCUT2D eigenvalue weighted by atomic mass is 9.96. The Morgan fingerprint density at radius 1 is 1.27 bits per heavy atom. The topological polar surface area (TPSA) is 76.3 Å². The Balaban J connectivity index is 2.42. The molecule has 1 aromatic rings. The third-order valence-electron chi connectivity index (χ3n) is 4.05. The van der Waals surface area contributed by atoms with E-state index >= 15 is 0 Å². The fourth-order valence-corrected chi connectivity index (χ4v) is 3.19. The summed E-state index contributed by atoms with van der Waals surface area (Å²) in [5.41, 5.74) is 0.0119. The number of rotatable bonds is 3. The number of hydrogen-bond donors (Lipinski definition) is 1. The van der Waals surface area contributed by atoms with Crippen molar-refractivity contribution in [1.82, 2.24) is 0 Å². The molecular formula is C18H18F3NO3S. The maximum absolute atomic E-state index is 14.5. The van der Waals surface area contributed by atoms with Gasteiger partial charge in [-0.3, -0.25) is 0 Å². The van der Waals surface area contributed by atoms with Crippen LogP contribution in [0.15, 0.2) is 41.0 Å². The standard InChI is InChI=1S/C18H18F3NO3S/c1-10-16(25-13-6-11(9-22)5-12(19)7-13)4-3-14(26(2)24)8-15(23)18(21)17(10)20/h3-7,10,15,17-18,23H,8H2,1-2H3/b14-3+,16-4+/t10?,15-,17+,18-,26?/m0/s1. The van der Waals surface area contributed by atoms with Crippen LogP contribution in [-0.2, 0) is 11.2 Å². The van der Waals surface area contributed by atoms with Crippen LogP contribution in [0.4, 0.5) is 13.2 Å². The van der Waals surface area contributed by atoms with Crippen LogP contribution in [0.25, 0.3) is 0 Å². The third-order valence-corrected chi connectivity index (χ3v) is 5.09. The summed E-state index contributed by atoms with van der Waals surface area (Å²) < 4.78 is 59.5. The molecule has 0 fully saturated rings. The van der Waals surface area contributed by atoms with Crippen molar-refractivity contribution in [2.24, 2.45) is 5.92 Å². The molecule has 0 saturated heterocycles. The second kappa shape index (κ2) is 8.62. The van der Waals surface area contributed by atoms with Crippen molar-refractivity contribution in [3.8, 4) is 11.8 Å². The molecule has 0 radical (unpaired) electrons. The zero-order valence-corrected chi connectivity index (χ0v) is 15.0. The Kier molecular flexibility index (Phi) is 6.75. The molecule has 1 aliphatic rings. The van der Waals surface area contributed by atoms with Gasteiger partial charge in [-0.25, -0.2) is 13.2 Å². The van der Waals surface area contributed by atoms with Crippen LogP contribution in [0.5, 0.6) is 5.75 Å². The summed E-state index contributed by atoms with van der Waals surface area (Å²) in [6.07, 6.45) is -2.15. The van der Waals surface area contributed by atoms with Gasteiger partial charge in [0.1, 0.15) is 34.7 Å². The van der Waals surface area contributed by atoms with E-state index in [1.807, 2.05) is 0 Å². The van der Waals surface area contributed by atoms with Crippen LogP contribution >= 0.6 is 0 Å². The number of benzene rings is 1. The Hall–Kier alpha value is -1.95. The minimum Gasteiger partial charge on any atom is -0.612 e. The molecule has 0 amide bonds. The molecule has 0 aliphatic heterocycles. The highest BCUT2D eigenvalue weighted by Crippen LogP contribution is 2.31. The lowest BCUT2D eigenvalue weighted by molar-refractivity contribution is 0.00983. The Morgan fingerprint density at radius 2 is 1.96 bits per heavy atom. The molecule has 140 valence electrons. The SMILES string of the molecule is CC1/C(Oc2cc(F)cc(C#N)c2)=C\C=C(\[S+](C)[O-])C[C@H](O)[C@H](F)[C@@H]1F. The third kappa shape index (κ3) is 4.81. The number of hydrogen-bond acceptors (Lipinski definition) is 4. The van der Waals surface area contributed by atoms with E-state index in [1.165, 1.54) is 31.4 Å². The molecule has 0 spiro atoms. The summed E-state index contributed by atoms with van der Waals surface area (Å²) in [6, 6.07) is 5.06. The van der Waals surface area contributed by atoms with E-state index in [0.29, 0.717) is 0 Å². The van der Waals surface area contributed by atoms with Gasteiger partial charge in [-0.2, -0.15) is 5.26 Å². The first kappa shape index (κ1) is 20.4. The molecule has 2 unspecified atom stereocenters. The van der Waals surface area contributed by atoms with E-state index in [9.17, 15) is 22.8 Å². The van der Waals surface area contributed by atoms with Crippen LogP contribution in [0.2, 0.25) is 0 Å². The number of nitrogens with zero attached hydrogens (tertiary/aromatic N) is 1. The van der Waals surface area contributed by atoms with Crippen molar-refractivity contribution in [3.63, 3.8) is 0 Å². The minimum absolute atomic E-state index is 0.0119. The van der Waals surface area contributed by atoms with E-state index < -0.39 is 41.4 Å². The van der Waals surface area contributed by atoms with Crippen molar-refractivity contribution < 1.29 is 27.6 Å². The molecule has 4 nitrogen and oxygen atoms in total. The van der Waals surface area contributed by atoms with Crippen molar-refractivity contribution in [3.05, 3.63) is 52.4 Å². The maximum atomic E-state index is 14.5. The van der Waals surface area contributed by atoms with Gasteiger partial charge < -0.3 is 14.4 Å². The largest absolute Gasteiger partial charge is 0.612 e. The molecule has 1 N–H and O–H groups in total. The molecule has 0 bridgehead atoms. The Labute approximate surface area is 152 Å². The van der Waals surface area contributed by atoms with Crippen LogP contribution in [0, 0.1) is 23.1 Å². The van der Waals surface area contributed by atoms with Crippen LogP contribution in [0.1, 0.15) is 18.9 Å². The molecule has 0 saturated carbocycles. The Morgan fingerprint density at radius 3 is 2.58 bits per heavy atom. The molecule has 0 aromatic heterocycles. The minimum atomic E-state index is -2.20. The average Bonchev–Trinajstić information content (AvgIpc) is 2.63. The smallest absolute Gasteiger partial charge is 0.158 e. The van der Waals surface area contributed by atoms with E-state index in [0.717, 1.165) is 12.1 Å². The lowest BCUT2D eigenvalue weighted by Gasteiger charge is -2.24. The number of nitriles is 1. The zero-order valence-electron chi connectivity index (χ0n) is 14.2. The normalized spacial score (nSPS) is 31.9. The maximum Gasteiger partial charge on any atom is 0.158 e. The van der Waals surface area contributed by atoms with Crippen molar-refractivity contribution in [2.75, 3.05) is 6.26 Å². The van der Waals surface area contributed by atoms with Crippen LogP contribution in [0.3, 0.4) is 0 Å². The predicted octanol–water partition coefficient (Wildman–Crippen LogP) is 3.30. The monoisotopic (exact) mass is 385 g/mol. The molecular weight excluding hydrogens is 367 g/mol. The summed E-state index contributed by atoms with van der Waals surface area (Å²) >= 11 is -1.50. The van der Waals surface area contributed by atoms with Crippen molar-refractivity contribution >= 4 is 11.2 Å². The molecule has 1 aliphatic carbocycles. The number of halogens is 3. The van der Waals surface area contributed by atoms with Gasteiger partial charge in [0.05, 0.1) is 17.7 Å². The number of allylic oxidation sites excluding steroid dienone is 3. The van der Waals surface area contributed by atoms with Crippen LogP contribution in [-0.4, -0.2) is 34.4 Å². The fourth-order valence-electron chi connectivity index (χ4n) is 2.52. The number of ether oxygens (including phenoxy) is 1. The predicted molar refractivity (Wildman–Crippen MR) is 91.6 cm³/mol. The zero-order chi connectivity index (χ0) is 19.4. The molecule has 0 heterocycles. The van der Waals surface area contributed by atoms with Gasteiger partial charge in [0.15, 0.2) is 6.17 Å². The first-order valence-electron chi connectivity index (χ1n) is 7.82. The summed E-state index contributed by atoms with van der Waals surface area (Å²) in [4.78, 5) is 0.222. The van der Waals surface area contributed by atoms with E-state index in [2.05, 4.69) is 0 Å². The fraction of sp³-hybridized carbons (Fsp3) is 0.389. The molecule has 5 atom stereocenters. The molecule has 8 heteroatoms. The molecule has 2 rings (SSSR count).